The lowest BCUT2D eigenvalue weighted by atomic mass is 10.1. The van der Waals surface area contributed by atoms with Crippen molar-refractivity contribution < 1.29 is 0 Å². The van der Waals surface area contributed by atoms with Crippen LogP contribution in [0.4, 0.5) is 5.82 Å². The van der Waals surface area contributed by atoms with Gasteiger partial charge in [0.2, 0.25) is 0 Å². The highest BCUT2D eigenvalue weighted by molar-refractivity contribution is 7.18. The Bertz CT molecular complexity index is 2170. The van der Waals surface area contributed by atoms with Crippen LogP contribution in [-0.2, 0) is 6.54 Å². The predicted molar refractivity (Wildman–Crippen MR) is 161 cm³/mol. The molecule has 0 aliphatic rings. The second kappa shape index (κ2) is 9.10. The molecule has 0 saturated heterocycles. The summed E-state index contributed by atoms with van der Waals surface area (Å²) in [5.74, 6) is 0.359. The molecule has 0 atom stereocenters. The van der Waals surface area contributed by atoms with E-state index in [4.69, 9.17) is 10.8 Å². The van der Waals surface area contributed by atoms with Crippen LogP contribution < -0.4 is 11.3 Å². The van der Waals surface area contributed by atoms with Crippen molar-refractivity contribution in [3.8, 4) is 16.9 Å². The van der Waals surface area contributed by atoms with E-state index >= 15 is 0 Å². The van der Waals surface area contributed by atoms with Gasteiger partial charge in [0.1, 0.15) is 17.8 Å². The Morgan fingerprint density at radius 2 is 1.73 bits per heavy atom. The third kappa shape index (κ3) is 3.77. The van der Waals surface area contributed by atoms with Gasteiger partial charge in [-0.25, -0.2) is 19.6 Å². The van der Waals surface area contributed by atoms with Crippen molar-refractivity contribution in [3.63, 3.8) is 0 Å². The highest BCUT2D eigenvalue weighted by Gasteiger charge is 2.21. The SMILES string of the molecule is Cc1nc2ccc(-c3nn(Cc4cc5cccc(C)c5c(=O)n4-c4ccccc4C)c4ncnc(N)c34)cc2s1. The summed E-state index contributed by atoms with van der Waals surface area (Å²) in [6, 6.07) is 22.0. The summed E-state index contributed by atoms with van der Waals surface area (Å²) in [5, 5.41) is 8.31. The molecule has 0 aliphatic carbocycles. The number of para-hydroxylation sites is 1. The Hall–Kier alpha value is -4.89. The Morgan fingerprint density at radius 1 is 0.900 bits per heavy atom. The van der Waals surface area contributed by atoms with Crippen molar-refractivity contribution in [2.24, 2.45) is 0 Å². The maximum atomic E-state index is 14.1. The number of rotatable bonds is 4. The third-order valence-corrected chi connectivity index (χ3v) is 8.26. The lowest BCUT2D eigenvalue weighted by Gasteiger charge is -2.17. The van der Waals surface area contributed by atoms with E-state index in [2.05, 4.69) is 27.1 Å². The molecule has 7 rings (SSSR count). The van der Waals surface area contributed by atoms with Gasteiger partial charge in [-0.15, -0.1) is 11.3 Å². The summed E-state index contributed by atoms with van der Waals surface area (Å²) < 4.78 is 4.69. The fourth-order valence-electron chi connectivity index (χ4n) is 5.47. The Labute approximate surface area is 233 Å². The third-order valence-electron chi connectivity index (χ3n) is 7.33. The molecule has 4 aromatic heterocycles. The Morgan fingerprint density at radius 3 is 2.58 bits per heavy atom. The number of nitrogen functional groups attached to an aromatic ring is 1. The Balaban J connectivity index is 1.47. The van der Waals surface area contributed by atoms with E-state index in [9.17, 15) is 4.79 Å². The molecule has 0 amide bonds. The lowest BCUT2D eigenvalue weighted by molar-refractivity contribution is 0.671. The van der Waals surface area contributed by atoms with E-state index in [0.29, 0.717) is 34.5 Å². The number of aryl methyl sites for hydroxylation is 3. The first-order valence-electron chi connectivity index (χ1n) is 12.9. The van der Waals surface area contributed by atoms with Gasteiger partial charge in [-0.05, 0) is 61.5 Å². The van der Waals surface area contributed by atoms with E-state index in [0.717, 1.165) is 48.7 Å². The topological polar surface area (TPSA) is 105 Å². The minimum Gasteiger partial charge on any atom is -0.383 e. The van der Waals surface area contributed by atoms with Crippen molar-refractivity contribution in [2.45, 2.75) is 27.3 Å². The van der Waals surface area contributed by atoms with E-state index in [-0.39, 0.29) is 5.56 Å². The van der Waals surface area contributed by atoms with Crippen LogP contribution in [0.2, 0.25) is 0 Å². The standard InChI is InChI=1S/C31H25N7OS/c1-17-7-4-5-10-24(17)38-22(13-20-9-6-8-18(2)26(20)31(38)39)15-37-30-27(29(32)33-16-34-30)28(36-37)21-11-12-23-25(14-21)40-19(3)35-23/h4-14,16H,15H2,1-3H3,(H2,32,33,34). The maximum absolute atomic E-state index is 14.1. The Kier molecular flexibility index (Phi) is 5.50. The van der Waals surface area contributed by atoms with Gasteiger partial charge in [0.25, 0.3) is 5.56 Å². The van der Waals surface area contributed by atoms with Gasteiger partial charge < -0.3 is 5.73 Å². The van der Waals surface area contributed by atoms with E-state index in [1.165, 1.54) is 6.33 Å². The fraction of sp³-hybridized carbons (Fsp3) is 0.129. The summed E-state index contributed by atoms with van der Waals surface area (Å²) >= 11 is 1.64. The van der Waals surface area contributed by atoms with Gasteiger partial charge in [0.05, 0.1) is 38.2 Å². The van der Waals surface area contributed by atoms with Gasteiger partial charge in [0, 0.05) is 11.3 Å². The molecule has 0 spiro atoms. The summed E-state index contributed by atoms with van der Waals surface area (Å²) in [7, 11) is 0. The quantitative estimate of drug-likeness (QED) is 0.294. The zero-order chi connectivity index (χ0) is 27.5. The molecule has 9 heteroatoms. The second-order valence-electron chi connectivity index (χ2n) is 9.98. The van der Waals surface area contributed by atoms with Crippen LogP contribution in [0.3, 0.4) is 0 Å². The summed E-state index contributed by atoms with van der Waals surface area (Å²) in [6.45, 7) is 6.29. The molecule has 0 fully saturated rings. The van der Waals surface area contributed by atoms with Crippen molar-refractivity contribution in [2.75, 3.05) is 5.73 Å². The van der Waals surface area contributed by atoms with E-state index < -0.39 is 0 Å². The number of benzene rings is 3. The monoisotopic (exact) mass is 543 g/mol. The van der Waals surface area contributed by atoms with E-state index in [1.807, 2.05) is 80.1 Å². The van der Waals surface area contributed by atoms with Crippen LogP contribution in [0, 0.1) is 20.8 Å². The largest absolute Gasteiger partial charge is 0.383 e. The van der Waals surface area contributed by atoms with Crippen LogP contribution in [0.15, 0.2) is 77.9 Å². The first-order chi connectivity index (χ1) is 19.4. The summed E-state index contributed by atoms with van der Waals surface area (Å²) in [4.78, 5) is 27.5. The predicted octanol–water partition coefficient (Wildman–Crippen LogP) is 5.96. The first kappa shape index (κ1) is 24.2. The molecular formula is C31H25N7OS. The van der Waals surface area contributed by atoms with Crippen LogP contribution in [0.5, 0.6) is 0 Å². The molecule has 4 heterocycles. The van der Waals surface area contributed by atoms with Gasteiger partial charge in [-0.3, -0.25) is 9.36 Å². The highest BCUT2D eigenvalue weighted by atomic mass is 32.1. The number of pyridine rings is 1. The van der Waals surface area contributed by atoms with Gasteiger partial charge in [-0.1, -0.05) is 42.5 Å². The molecule has 40 heavy (non-hydrogen) atoms. The molecule has 0 radical (unpaired) electrons. The van der Waals surface area contributed by atoms with Crippen LogP contribution in [0.1, 0.15) is 21.8 Å². The molecule has 0 bridgehead atoms. The van der Waals surface area contributed by atoms with Crippen LogP contribution in [-0.4, -0.2) is 29.3 Å². The molecular weight excluding hydrogens is 518 g/mol. The van der Waals surface area contributed by atoms with Crippen molar-refractivity contribution in [1.82, 2.24) is 29.3 Å². The number of hydrogen-bond acceptors (Lipinski definition) is 7. The highest BCUT2D eigenvalue weighted by Crippen LogP contribution is 2.34. The summed E-state index contributed by atoms with van der Waals surface area (Å²) in [6.07, 6.45) is 1.45. The smallest absolute Gasteiger partial charge is 0.263 e. The zero-order valence-electron chi connectivity index (χ0n) is 22.2. The van der Waals surface area contributed by atoms with Crippen LogP contribution in [0.25, 0.3) is 49.0 Å². The average Bonchev–Trinajstić information content (AvgIpc) is 3.49. The second-order valence-corrected chi connectivity index (χ2v) is 11.2. The molecule has 2 N–H and O–H groups in total. The van der Waals surface area contributed by atoms with Gasteiger partial charge in [0.15, 0.2) is 5.65 Å². The first-order valence-corrected chi connectivity index (χ1v) is 13.8. The minimum atomic E-state index is -0.0586. The molecule has 3 aromatic carbocycles. The van der Waals surface area contributed by atoms with E-state index in [1.54, 1.807) is 15.9 Å². The number of nitrogens with two attached hydrogens (primary N) is 1. The minimum absolute atomic E-state index is 0.0586. The van der Waals surface area contributed by atoms with Crippen molar-refractivity contribution in [3.05, 3.63) is 105 Å². The number of aromatic nitrogens is 6. The molecule has 0 unspecified atom stereocenters. The zero-order valence-corrected chi connectivity index (χ0v) is 23.0. The number of thiazole rings is 1. The number of nitrogens with zero attached hydrogens (tertiary/aromatic N) is 6. The lowest BCUT2D eigenvalue weighted by Crippen LogP contribution is -2.25. The number of fused-ring (bicyclic) bond motifs is 3. The van der Waals surface area contributed by atoms with Crippen molar-refractivity contribution in [1.29, 1.82) is 0 Å². The van der Waals surface area contributed by atoms with Gasteiger partial charge >= 0.3 is 0 Å². The average molecular weight is 544 g/mol. The molecule has 0 aliphatic heterocycles. The van der Waals surface area contributed by atoms with Gasteiger partial charge in [-0.2, -0.15) is 5.10 Å². The fourth-order valence-corrected chi connectivity index (χ4v) is 6.33. The molecule has 0 saturated carbocycles. The molecule has 7 aromatic rings. The maximum Gasteiger partial charge on any atom is 0.263 e. The summed E-state index contributed by atoms with van der Waals surface area (Å²) in [5.41, 5.74) is 13.1. The normalized spacial score (nSPS) is 11.7. The number of hydrogen-bond donors (Lipinski definition) is 1. The molecule has 8 nitrogen and oxygen atoms in total. The van der Waals surface area contributed by atoms with Crippen molar-refractivity contribution >= 4 is 49.2 Å². The number of anilines is 1. The molecule has 196 valence electrons. The van der Waals surface area contributed by atoms with Crippen LogP contribution >= 0.6 is 11.3 Å².